The zero-order chi connectivity index (χ0) is 26.8. The van der Waals surface area contributed by atoms with Gasteiger partial charge in [-0.3, -0.25) is 4.79 Å². The van der Waals surface area contributed by atoms with Crippen LogP contribution >= 0.6 is 0 Å². The van der Waals surface area contributed by atoms with Gasteiger partial charge in [0.15, 0.2) is 0 Å². The highest BCUT2D eigenvalue weighted by atomic mass is 19.1. The maximum Gasteiger partial charge on any atom is 0.329 e. The molecule has 1 atom stereocenters. The van der Waals surface area contributed by atoms with Gasteiger partial charge in [0, 0.05) is 12.6 Å². The monoisotopic (exact) mass is 522 g/mol. The third-order valence-electron chi connectivity index (χ3n) is 9.81. The Morgan fingerprint density at radius 3 is 2.32 bits per heavy atom. The first-order valence-corrected chi connectivity index (χ1v) is 14.5. The van der Waals surface area contributed by atoms with Crippen molar-refractivity contribution < 1.29 is 23.5 Å². The number of hydrogen-bond donors (Lipinski definition) is 0. The number of likely N-dealkylation sites (tertiary alicyclic amines) is 1. The highest BCUT2D eigenvalue weighted by molar-refractivity contribution is 5.98. The Morgan fingerprint density at radius 1 is 1.08 bits per heavy atom. The lowest BCUT2D eigenvalue weighted by molar-refractivity contribution is -0.159. The Kier molecular flexibility index (Phi) is 6.24. The van der Waals surface area contributed by atoms with E-state index in [0.717, 1.165) is 55.9 Å². The molecule has 6 fully saturated rings. The van der Waals surface area contributed by atoms with Gasteiger partial charge in [-0.05, 0) is 120 Å². The Labute approximate surface area is 224 Å². The van der Waals surface area contributed by atoms with E-state index in [4.69, 9.17) is 9.47 Å². The van der Waals surface area contributed by atoms with Crippen LogP contribution in [-0.2, 0) is 9.53 Å². The summed E-state index contributed by atoms with van der Waals surface area (Å²) >= 11 is 0. The summed E-state index contributed by atoms with van der Waals surface area (Å²) in [6.45, 7) is 6.08. The standard InChI is InChI=1S/C31H39FN2O4/c1-30(2,3)38-29(36)26-5-4-8-34(26)28(35)24-14-23(20-6-7-20)27(15-25(24)32)37-17-31(16-33)21-10-18-9-19(12-21)13-22(31)11-18/h14-15,18-22,26H,4-13,17H2,1-3H3. The first kappa shape index (κ1) is 25.6. The van der Waals surface area contributed by atoms with Crippen molar-refractivity contribution >= 4 is 11.9 Å². The van der Waals surface area contributed by atoms with E-state index >= 15 is 4.39 Å². The second-order valence-corrected chi connectivity index (χ2v) is 13.6. The van der Waals surface area contributed by atoms with Gasteiger partial charge in [0.2, 0.25) is 0 Å². The molecule has 7 heteroatoms. The molecule has 1 aliphatic heterocycles. The summed E-state index contributed by atoms with van der Waals surface area (Å²) in [7, 11) is 0. The molecule has 5 saturated carbocycles. The molecule has 1 aromatic carbocycles. The number of halogens is 1. The lowest BCUT2D eigenvalue weighted by atomic mass is 9.46. The van der Waals surface area contributed by atoms with Crippen molar-refractivity contribution in [3.63, 3.8) is 0 Å². The van der Waals surface area contributed by atoms with Gasteiger partial charge in [0.25, 0.3) is 5.91 Å². The molecule has 38 heavy (non-hydrogen) atoms. The molecule has 1 aromatic rings. The van der Waals surface area contributed by atoms with Crippen LogP contribution in [0.4, 0.5) is 4.39 Å². The fraction of sp³-hybridized carbons (Fsp3) is 0.710. The first-order chi connectivity index (χ1) is 18.1. The molecule has 6 nitrogen and oxygen atoms in total. The number of rotatable bonds is 6. The maximum atomic E-state index is 15.5. The number of nitrogens with zero attached hydrogens (tertiary/aromatic N) is 2. The molecular weight excluding hydrogens is 483 g/mol. The molecule has 204 valence electrons. The molecule has 0 aromatic heterocycles. The molecule has 1 amide bonds. The maximum absolute atomic E-state index is 15.5. The van der Waals surface area contributed by atoms with Crippen LogP contribution in [-0.4, -0.2) is 41.6 Å². The summed E-state index contributed by atoms with van der Waals surface area (Å²) < 4.78 is 27.4. The zero-order valence-corrected chi connectivity index (χ0v) is 22.8. The Bertz CT molecular complexity index is 1150. The SMILES string of the molecule is CC(C)(C)OC(=O)C1CCCN1C(=O)c1cc(C2CC2)c(OCC2(C#N)C3CC4CC(C3)CC2C4)cc1F. The predicted molar refractivity (Wildman–Crippen MR) is 139 cm³/mol. The number of carbonyl (C=O) groups is 2. The Balaban J connectivity index is 1.23. The molecule has 0 radical (unpaired) electrons. The van der Waals surface area contributed by atoms with Crippen LogP contribution in [0.15, 0.2) is 12.1 Å². The number of ether oxygens (including phenoxy) is 2. The molecule has 1 unspecified atom stereocenters. The van der Waals surface area contributed by atoms with Gasteiger partial charge in [-0.15, -0.1) is 0 Å². The summed E-state index contributed by atoms with van der Waals surface area (Å²) in [5, 5.41) is 10.4. The number of amides is 1. The van der Waals surface area contributed by atoms with Crippen molar-refractivity contribution in [1.82, 2.24) is 4.90 Å². The molecule has 7 rings (SSSR count). The highest BCUT2D eigenvalue weighted by Gasteiger charge is 2.58. The molecule has 6 aliphatic rings. The van der Waals surface area contributed by atoms with E-state index < -0.39 is 34.8 Å². The zero-order valence-electron chi connectivity index (χ0n) is 22.8. The summed E-state index contributed by atoms with van der Waals surface area (Å²) in [5.41, 5.74) is -0.329. The van der Waals surface area contributed by atoms with Crippen LogP contribution in [0, 0.1) is 46.2 Å². The minimum Gasteiger partial charge on any atom is -0.491 e. The van der Waals surface area contributed by atoms with Crippen molar-refractivity contribution in [1.29, 1.82) is 5.26 Å². The fourth-order valence-corrected chi connectivity index (χ4v) is 8.03. The Morgan fingerprint density at radius 2 is 1.74 bits per heavy atom. The van der Waals surface area contributed by atoms with Gasteiger partial charge in [0.05, 0.1) is 17.0 Å². The normalized spacial score (nSPS) is 33.8. The largest absolute Gasteiger partial charge is 0.491 e. The fourth-order valence-electron chi connectivity index (χ4n) is 8.03. The van der Waals surface area contributed by atoms with Crippen LogP contribution in [0.2, 0.25) is 0 Å². The van der Waals surface area contributed by atoms with Crippen molar-refractivity contribution in [3.8, 4) is 11.8 Å². The summed E-state index contributed by atoms with van der Waals surface area (Å²) in [5.74, 6) is 1.36. The summed E-state index contributed by atoms with van der Waals surface area (Å²) in [6, 6.07) is 4.98. The lowest BCUT2D eigenvalue weighted by Gasteiger charge is -2.58. The first-order valence-electron chi connectivity index (χ1n) is 14.5. The number of benzene rings is 1. The summed E-state index contributed by atoms with van der Waals surface area (Å²) in [4.78, 5) is 27.8. The van der Waals surface area contributed by atoms with Crippen molar-refractivity contribution in [2.45, 2.75) is 96.1 Å². The smallest absolute Gasteiger partial charge is 0.329 e. The molecule has 5 aliphatic carbocycles. The molecule has 4 bridgehead atoms. The minimum atomic E-state index is -0.700. The molecule has 0 N–H and O–H groups in total. The second kappa shape index (κ2) is 9.24. The van der Waals surface area contributed by atoms with E-state index in [2.05, 4.69) is 6.07 Å². The predicted octanol–water partition coefficient (Wildman–Crippen LogP) is 5.99. The van der Waals surface area contributed by atoms with Gasteiger partial charge in [-0.25, -0.2) is 9.18 Å². The van der Waals surface area contributed by atoms with E-state index in [0.29, 0.717) is 37.0 Å². The lowest BCUT2D eigenvalue weighted by Crippen LogP contribution is -2.54. The number of carbonyl (C=O) groups excluding carboxylic acids is 2. The minimum absolute atomic E-state index is 0.0145. The van der Waals surface area contributed by atoms with Gasteiger partial charge >= 0.3 is 5.97 Å². The van der Waals surface area contributed by atoms with Crippen LogP contribution in [0.5, 0.6) is 5.75 Å². The van der Waals surface area contributed by atoms with Crippen molar-refractivity contribution in [2.24, 2.45) is 29.1 Å². The second-order valence-electron chi connectivity index (χ2n) is 13.6. The topological polar surface area (TPSA) is 79.6 Å². The van der Waals surface area contributed by atoms with Crippen LogP contribution in [0.3, 0.4) is 0 Å². The van der Waals surface area contributed by atoms with Crippen LogP contribution in [0.25, 0.3) is 0 Å². The van der Waals surface area contributed by atoms with Crippen molar-refractivity contribution in [2.75, 3.05) is 13.2 Å². The molecule has 1 heterocycles. The van der Waals surface area contributed by atoms with Gasteiger partial charge < -0.3 is 14.4 Å². The summed E-state index contributed by atoms with van der Waals surface area (Å²) in [6.07, 6.45) is 8.87. The number of hydrogen-bond acceptors (Lipinski definition) is 5. The number of nitriles is 1. The van der Waals surface area contributed by atoms with E-state index in [1.54, 1.807) is 26.8 Å². The molecular formula is C31H39FN2O4. The number of esters is 1. The average molecular weight is 523 g/mol. The third-order valence-corrected chi connectivity index (χ3v) is 9.81. The van der Waals surface area contributed by atoms with Gasteiger partial charge in [-0.1, -0.05) is 0 Å². The van der Waals surface area contributed by atoms with Gasteiger partial charge in [0.1, 0.15) is 29.8 Å². The molecule has 1 saturated heterocycles. The van der Waals surface area contributed by atoms with E-state index in [-0.39, 0.29) is 18.1 Å². The Hall–Kier alpha value is -2.62. The average Bonchev–Trinajstić information content (AvgIpc) is 3.57. The van der Waals surface area contributed by atoms with Gasteiger partial charge in [-0.2, -0.15) is 5.26 Å². The molecule has 0 spiro atoms. The third kappa shape index (κ3) is 4.48. The quantitative estimate of drug-likeness (QED) is 0.429. The van der Waals surface area contributed by atoms with Crippen LogP contribution in [0.1, 0.15) is 100 Å². The van der Waals surface area contributed by atoms with Crippen LogP contribution < -0.4 is 4.74 Å². The van der Waals surface area contributed by atoms with E-state index in [1.807, 2.05) is 0 Å². The highest BCUT2D eigenvalue weighted by Crippen LogP contribution is 2.62. The van der Waals surface area contributed by atoms with E-state index in [1.165, 1.54) is 17.4 Å². The van der Waals surface area contributed by atoms with E-state index in [9.17, 15) is 14.9 Å². The van der Waals surface area contributed by atoms with Crippen molar-refractivity contribution in [3.05, 3.63) is 29.1 Å².